The van der Waals surface area contributed by atoms with Crippen LogP contribution >= 0.6 is 0 Å². The van der Waals surface area contributed by atoms with Crippen LogP contribution in [0.3, 0.4) is 0 Å². The zero-order chi connectivity index (χ0) is 15.7. The highest BCUT2D eigenvalue weighted by Crippen LogP contribution is 2.26. The SMILES string of the molecule is O=C(NCS(=O)(=O)O)Nc1c(F)c(F)c(F)c(F)c1F. The number of anilines is 1. The van der Waals surface area contributed by atoms with Crippen molar-refractivity contribution in [3.05, 3.63) is 29.1 Å². The first-order valence-electron chi connectivity index (χ1n) is 4.56. The monoisotopic (exact) mass is 320 g/mol. The fourth-order valence-electron chi connectivity index (χ4n) is 1.03. The van der Waals surface area contributed by atoms with E-state index in [1.807, 2.05) is 0 Å². The highest BCUT2D eigenvalue weighted by molar-refractivity contribution is 7.85. The number of nitrogens with one attached hydrogen (secondary N) is 2. The van der Waals surface area contributed by atoms with Gasteiger partial charge in [0.1, 0.15) is 11.6 Å². The number of hydrogen-bond donors (Lipinski definition) is 3. The lowest BCUT2D eigenvalue weighted by Crippen LogP contribution is -2.33. The average molecular weight is 320 g/mol. The molecule has 20 heavy (non-hydrogen) atoms. The Kier molecular flexibility index (Phi) is 4.50. The summed E-state index contributed by atoms with van der Waals surface area (Å²) < 4.78 is 93.2. The summed E-state index contributed by atoms with van der Waals surface area (Å²) in [5.41, 5.74) is -1.66. The summed E-state index contributed by atoms with van der Waals surface area (Å²) in [6, 6.07) is -1.61. The number of carbonyl (C=O) groups excluding carboxylic acids is 1. The van der Waals surface area contributed by atoms with Gasteiger partial charge < -0.3 is 10.6 Å². The van der Waals surface area contributed by atoms with Crippen molar-refractivity contribution in [1.82, 2.24) is 5.32 Å². The number of carbonyl (C=O) groups is 1. The van der Waals surface area contributed by atoms with Gasteiger partial charge in [-0.3, -0.25) is 4.55 Å². The van der Waals surface area contributed by atoms with Crippen molar-refractivity contribution < 1.29 is 39.7 Å². The van der Waals surface area contributed by atoms with Crippen molar-refractivity contribution in [2.75, 3.05) is 11.2 Å². The molecule has 6 nitrogen and oxygen atoms in total. The van der Waals surface area contributed by atoms with E-state index in [-0.39, 0.29) is 0 Å². The molecule has 1 rings (SSSR count). The van der Waals surface area contributed by atoms with E-state index in [1.54, 1.807) is 0 Å². The van der Waals surface area contributed by atoms with Gasteiger partial charge >= 0.3 is 6.03 Å². The molecule has 0 aliphatic rings. The van der Waals surface area contributed by atoms with Crippen molar-refractivity contribution in [3.63, 3.8) is 0 Å². The van der Waals surface area contributed by atoms with Crippen LogP contribution in [0.2, 0.25) is 0 Å². The lowest BCUT2D eigenvalue weighted by molar-refractivity contribution is 0.252. The minimum absolute atomic E-state index is 1.24. The molecule has 0 atom stereocenters. The van der Waals surface area contributed by atoms with Gasteiger partial charge in [-0.1, -0.05) is 0 Å². The van der Waals surface area contributed by atoms with Crippen molar-refractivity contribution in [1.29, 1.82) is 0 Å². The fraction of sp³-hybridized carbons (Fsp3) is 0.125. The Morgan fingerprint density at radius 2 is 1.35 bits per heavy atom. The van der Waals surface area contributed by atoms with Crippen molar-refractivity contribution in [2.45, 2.75) is 0 Å². The van der Waals surface area contributed by atoms with E-state index >= 15 is 0 Å². The molecule has 0 aliphatic carbocycles. The maximum atomic E-state index is 13.1. The van der Waals surface area contributed by atoms with Crippen LogP contribution in [0.4, 0.5) is 32.4 Å². The summed E-state index contributed by atoms with van der Waals surface area (Å²) in [5.74, 6) is -12.9. The molecule has 0 heterocycles. The molecular weight excluding hydrogens is 315 g/mol. The van der Waals surface area contributed by atoms with Gasteiger partial charge in [0.2, 0.25) is 5.82 Å². The van der Waals surface area contributed by atoms with E-state index in [1.165, 1.54) is 10.6 Å². The van der Waals surface area contributed by atoms with E-state index in [0.717, 1.165) is 0 Å². The van der Waals surface area contributed by atoms with Crippen LogP contribution in [0, 0.1) is 29.1 Å². The summed E-state index contributed by atoms with van der Waals surface area (Å²) in [4.78, 5) is 11.0. The summed E-state index contributed by atoms with van der Waals surface area (Å²) in [6.07, 6.45) is 0. The first-order chi connectivity index (χ1) is 9.04. The van der Waals surface area contributed by atoms with Gasteiger partial charge in [0.05, 0.1) is 0 Å². The quantitative estimate of drug-likeness (QED) is 0.339. The zero-order valence-corrected chi connectivity index (χ0v) is 9.99. The molecule has 0 unspecified atom stereocenters. The second kappa shape index (κ2) is 5.58. The van der Waals surface area contributed by atoms with Gasteiger partial charge in [-0.05, 0) is 0 Å². The Bertz CT molecular complexity index is 634. The zero-order valence-electron chi connectivity index (χ0n) is 9.18. The Balaban J connectivity index is 3.02. The van der Waals surface area contributed by atoms with Crippen LogP contribution in [-0.2, 0) is 10.1 Å². The highest BCUT2D eigenvalue weighted by atomic mass is 32.2. The van der Waals surface area contributed by atoms with E-state index < -0.39 is 56.8 Å². The molecular formula is C8H5F5N2O4S. The molecule has 1 aromatic rings. The Morgan fingerprint density at radius 1 is 0.950 bits per heavy atom. The van der Waals surface area contributed by atoms with Crippen molar-refractivity contribution >= 4 is 21.8 Å². The second-order valence-electron chi connectivity index (χ2n) is 3.30. The van der Waals surface area contributed by atoms with Crippen LogP contribution in [-0.4, -0.2) is 24.9 Å². The molecule has 3 N–H and O–H groups in total. The molecule has 0 spiro atoms. The predicted octanol–water partition coefficient (Wildman–Crippen LogP) is 1.35. The molecule has 0 aliphatic heterocycles. The van der Waals surface area contributed by atoms with Crippen LogP contribution < -0.4 is 10.6 Å². The van der Waals surface area contributed by atoms with Crippen molar-refractivity contribution in [3.8, 4) is 0 Å². The largest absolute Gasteiger partial charge is 0.321 e. The minimum atomic E-state index is -4.62. The number of rotatable bonds is 3. The van der Waals surface area contributed by atoms with E-state index in [0.29, 0.717) is 0 Å². The molecule has 112 valence electrons. The molecule has 0 aromatic heterocycles. The van der Waals surface area contributed by atoms with Gasteiger partial charge in [-0.25, -0.2) is 26.7 Å². The molecule has 0 saturated carbocycles. The first kappa shape index (κ1) is 16.1. The van der Waals surface area contributed by atoms with Gasteiger partial charge in [0.15, 0.2) is 23.3 Å². The number of benzene rings is 1. The number of halogens is 5. The Labute approximate surface area is 108 Å². The number of urea groups is 1. The standard InChI is InChI=1S/C8H5F5N2O4S/c9-2-3(10)5(12)7(6(13)4(2)11)15-8(16)14-1-20(17,18)19/h1H2,(H2,14,15,16)(H,17,18,19). The smallest absolute Gasteiger partial charge is 0.320 e. The summed E-state index contributed by atoms with van der Waals surface area (Å²) in [5, 5.41) is 2.66. The third-order valence-electron chi connectivity index (χ3n) is 1.86. The molecule has 1 aromatic carbocycles. The van der Waals surface area contributed by atoms with Crippen LogP contribution in [0.5, 0.6) is 0 Å². The number of hydrogen-bond acceptors (Lipinski definition) is 3. The Morgan fingerprint density at radius 3 is 1.75 bits per heavy atom. The average Bonchev–Trinajstić information content (AvgIpc) is 2.36. The topological polar surface area (TPSA) is 95.5 Å². The molecule has 0 bridgehead atoms. The van der Waals surface area contributed by atoms with E-state index in [2.05, 4.69) is 0 Å². The molecule has 2 amide bonds. The Hall–Kier alpha value is -1.95. The summed E-state index contributed by atoms with van der Waals surface area (Å²) in [7, 11) is -4.62. The lowest BCUT2D eigenvalue weighted by Gasteiger charge is -2.10. The van der Waals surface area contributed by atoms with Gasteiger partial charge in [0.25, 0.3) is 10.1 Å². The third kappa shape index (κ3) is 3.54. The second-order valence-corrected chi connectivity index (χ2v) is 4.75. The fourth-order valence-corrected chi connectivity index (χ4v) is 1.34. The first-order valence-corrected chi connectivity index (χ1v) is 6.17. The molecule has 12 heteroatoms. The number of amides is 2. The van der Waals surface area contributed by atoms with Crippen molar-refractivity contribution in [2.24, 2.45) is 0 Å². The maximum absolute atomic E-state index is 13.1. The predicted molar refractivity (Wildman–Crippen MR) is 54.8 cm³/mol. The summed E-state index contributed by atoms with van der Waals surface area (Å²) in [6.45, 7) is 0. The maximum Gasteiger partial charge on any atom is 0.320 e. The molecule has 0 fully saturated rings. The third-order valence-corrected chi connectivity index (χ3v) is 2.37. The highest BCUT2D eigenvalue weighted by Gasteiger charge is 2.26. The normalized spacial score (nSPS) is 11.3. The van der Waals surface area contributed by atoms with Crippen LogP contribution in [0.15, 0.2) is 0 Å². The van der Waals surface area contributed by atoms with E-state index in [4.69, 9.17) is 4.55 Å². The van der Waals surface area contributed by atoms with Gasteiger partial charge in [-0.2, -0.15) is 8.42 Å². The molecule has 0 radical (unpaired) electrons. The van der Waals surface area contributed by atoms with E-state index in [9.17, 15) is 35.2 Å². The van der Waals surface area contributed by atoms with Crippen LogP contribution in [0.25, 0.3) is 0 Å². The molecule has 0 saturated heterocycles. The van der Waals surface area contributed by atoms with Crippen LogP contribution in [0.1, 0.15) is 0 Å². The minimum Gasteiger partial charge on any atom is -0.321 e. The lowest BCUT2D eigenvalue weighted by atomic mass is 10.2. The van der Waals surface area contributed by atoms with Gasteiger partial charge in [-0.15, -0.1) is 0 Å². The summed E-state index contributed by atoms with van der Waals surface area (Å²) >= 11 is 0. The van der Waals surface area contributed by atoms with Gasteiger partial charge in [0, 0.05) is 0 Å².